The van der Waals surface area contributed by atoms with Crippen LogP contribution >= 0.6 is 0 Å². The lowest BCUT2D eigenvalue weighted by Gasteiger charge is -2.54. The lowest BCUT2D eigenvalue weighted by molar-refractivity contribution is -0.106. The number of hydrogen-bond donors (Lipinski definition) is 2. The number of ether oxygens (including phenoxy) is 1. The first-order valence-electron chi connectivity index (χ1n) is 8.27. The number of rotatable bonds is 3. The van der Waals surface area contributed by atoms with Crippen LogP contribution in [0.3, 0.4) is 0 Å². The number of guanidine groups is 1. The summed E-state index contributed by atoms with van der Waals surface area (Å²) in [5, 5.41) is 6.81. The number of aryl methyl sites for hydroxylation is 1. The first-order valence-corrected chi connectivity index (χ1v) is 8.27. The molecule has 3 atom stereocenters. The van der Waals surface area contributed by atoms with E-state index in [0.717, 1.165) is 24.6 Å². The minimum Gasteiger partial charge on any atom is -0.377 e. The number of benzene rings is 1. The van der Waals surface area contributed by atoms with Gasteiger partial charge >= 0.3 is 0 Å². The van der Waals surface area contributed by atoms with Gasteiger partial charge in [0, 0.05) is 37.6 Å². The highest BCUT2D eigenvalue weighted by Crippen LogP contribution is 2.52. The Hall–Kier alpha value is -1.62. The van der Waals surface area contributed by atoms with Gasteiger partial charge in [-0.25, -0.2) is 4.39 Å². The van der Waals surface area contributed by atoms with Gasteiger partial charge in [-0.1, -0.05) is 26.0 Å². The fourth-order valence-corrected chi connectivity index (χ4v) is 3.89. The lowest BCUT2D eigenvalue weighted by atomic mass is 9.57. The van der Waals surface area contributed by atoms with Crippen LogP contribution in [0, 0.1) is 24.1 Å². The van der Waals surface area contributed by atoms with Crippen molar-refractivity contribution in [2.24, 2.45) is 16.3 Å². The van der Waals surface area contributed by atoms with Gasteiger partial charge in [0.25, 0.3) is 0 Å². The largest absolute Gasteiger partial charge is 0.377 e. The average molecular weight is 319 g/mol. The molecule has 2 N–H and O–H groups in total. The Balaban J connectivity index is 1.59. The van der Waals surface area contributed by atoms with Crippen molar-refractivity contribution in [2.75, 3.05) is 13.7 Å². The second-order valence-corrected chi connectivity index (χ2v) is 7.20. The maximum atomic E-state index is 13.6. The summed E-state index contributed by atoms with van der Waals surface area (Å²) >= 11 is 0. The summed E-state index contributed by atoms with van der Waals surface area (Å²) < 4.78 is 19.4. The zero-order chi connectivity index (χ0) is 16.6. The first-order chi connectivity index (χ1) is 10.9. The molecule has 1 saturated heterocycles. The maximum Gasteiger partial charge on any atom is 0.191 e. The fourth-order valence-electron chi connectivity index (χ4n) is 3.89. The first kappa shape index (κ1) is 16.2. The van der Waals surface area contributed by atoms with Gasteiger partial charge in [0.05, 0.1) is 6.10 Å². The van der Waals surface area contributed by atoms with E-state index in [4.69, 9.17) is 4.74 Å². The monoisotopic (exact) mass is 319 g/mol. The van der Waals surface area contributed by atoms with Crippen molar-refractivity contribution in [3.63, 3.8) is 0 Å². The molecular weight excluding hydrogens is 293 g/mol. The minimum absolute atomic E-state index is 0.106. The molecule has 0 bridgehead atoms. The third-order valence-corrected chi connectivity index (χ3v) is 5.31. The molecule has 5 heteroatoms. The molecule has 2 fully saturated rings. The SMILES string of the molecule is CN=C(NCc1ccc(C)c(F)c1)NC1C2CCOC2C1(C)C. The van der Waals surface area contributed by atoms with Crippen molar-refractivity contribution in [2.45, 2.75) is 45.9 Å². The van der Waals surface area contributed by atoms with Crippen LogP contribution in [0.4, 0.5) is 4.39 Å². The van der Waals surface area contributed by atoms with Crippen LogP contribution in [-0.2, 0) is 11.3 Å². The molecule has 3 rings (SSSR count). The molecule has 3 unspecified atom stereocenters. The summed E-state index contributed by atoms with van der Waals surface area (Å²) in [5.41, 5.74) is 1.68. The molecule has 2 aliphatic rings. The maximum absolute atomic E-state index is 13.6. The van der Waals surface area contributed by atoms with Crippen molar-refractivity contribution in [3.05, 3.63) is 35.1 Å². The van der Waals surface area contributed by atoms with E-state index in [1.165, 1.54) is 0 Å². The van der Waals surface area contributed by atoms with Crippen molar-refractivity contribution < 1.29 is 9.13 Å². The Labute approximate surface area is 137 Å². The van der Waals surface area contributed by atoms with Crippen molar-refractivity contribution >= 4 is 5.96 Å². The number of nitrogens with zero attached hydrogens (tertiary/aromatic N) is 1. The summed E-state index contributed by atoms with van der Waals surface area (Å²) in [4.78, 5) is 4.30. The third kappa shape index (κ3) is 2.94. The van der Waals surface area contributed by atoms with Gasteiger partial charge < -0.3 is 15.4 Å². The molecule has 1 saturated carbocycles. The minimum atomic E-state index is -0.168. The summed E-state index contributed by atoms with van der Waals surface area (Å²) in [6.45, 7) is 7.64. The van der Waals surface area contributed by atoms with Crippen LogP contribution in [0.5, 0.6) is 0 Å². The smallest absolute Gasteiger partial charge is 0.191 e. The van der Waals surface area contributed by atoms with Crippen molar-refractivity contribution in [3.8, 4) is 0 Å². The van der Waals surface area contributed by atoms with Crippen LogP contribution < -0.4 is 10.6 Å². The molecule has 1 aromatic carbocycles. The molecule has 0 spiro atoms. The summed E-state index contributed by atoms with van der Waals surface area (Å²) in [6.07, 6.45) is 1.45. The van der Waals surface area contributed by atoms with Gasteiger partial charge in [-0.15, -0.1) is 0 Å². The third-order valence-electron chi connectivity index (χ3n) is 5.31. The van der Waals surface area contributed by atoms with E-state index in [-0.39, 0.29) is 11.2 Å². The molecule has 0 aromatic heterocycles. The van der Waals surface area contributed by atoms with Gasteiger partial charge in [0.1, 0.15) is 5.82 Å². The molecule has 1 aliphatic carbocycles. The van der Waals surface area contributed by atoms with E-state index in [2.05, 4.69) is 29.5 Å². The second-order valence-electron chi connectivity index (χ2n) is 7.20. The molecular formula is C18H26FN3O. The fraction of sp³-hybridized carbons (Fsp3) is 0.611. The molecule has 1 aliphatic heterocycles. The Morgan fingerprint density at radius 3 is 2.91 bits per heavy atom. The zero-order valence-electron chi connectivity index (χ0n) is 14.3. The highest BCUT2D eigenvalue weighted by molar-refractivity contribution is 5.80. The van der Waals surface area contributed by atoms with E-state index in [0.29, 0.717) is 30.2 Å². The van der Waals surface area contributed by atoms with Gasteiger partial charge in [-0.2, -0.15) is 0 Å². The van der Waals surface area contributed by atoms with Gasteiger partial charge in [-0.3, -0.25) is 4.99 Å². The molecule has 0 radical (unpaired) electrons. The van der Waals surface area contributed by atoms with Crippen LogP contribution in [0.25, 0.3) is 0 Å². The van der Waals surface area contributed by atoms with Crippen LogP contribution in [0.1, 0.15) is 31.4 Å². The summed E-state index contributed by atoms with van der Waals surface area (Å²) in [6, 6.07) is 5.67. The topological polar surface area (TPSA) is 45.7 Å². The van der Waals surface area contributed by atoms with Crippen molar-refractivity contribution in [1.82, 2.24) is 10.6 Å². The normalized spacial score (nSPS) is 28.9. The highest BCUT2D eigenvalue weighted by Gasteiger charge is 2.59. The Kier molecular flexibility index (Phi) is 4.32. The molecule has 126 valence electrons. The number of hydrogen-bond acceptors (Lipinski definition) is 2. The lowest BCUT2D eigenvalue weighted by Crippen LogP contribution is -2.67. The number of nitrogens with one attached hydrogen (secondary N) is 2. The average Bonchev–Trinajstić information content (AvgIpc) is 2.97. The zero-order valence-corrected chi connectivity index (χ0v) is 14.3. The van der Waals surface area contributed by atoms with E-state index in [9.17, 15) is 4.39 Å². The van der Waals surface area contributed by atoms with Crippen molar-refractivity contribution in [1.29, 1.82) is 0 Å². The molecule has 23 heavy (non-hydrogen) atoms. The predicted octanol–water partition coefficient (Wildman–Crippen LogP) is 2.61. The summed E-state index contributed by atoms with van der Waals surface area (Å²) in [7, 11) is 1.76. The van der Waals surface area contributed by atoms with E-state index in [1.54, 1.807) is 26.1 Å². The van der Waals surface area contributed by atoms with Crippen LogP contribution in [0.2, 0.25) is 0 Å². The number of halogens is 1. The number of aliphatic imine (C=N–C) groups is 1. The Morgan fingerprint density at radius 2 is 2.22 bits per heavy atom. The quantitative estimate of drug-likeness (QED) is 0.665. The van der Waals surface area contributed by atoms with E-state index < -0.39 is 0 Å². The van der Waals surface area contributed by atoms with E-state index in [1.807, 2.05) is 6.07 Å². The molecule has 0 amide bonds. The second kappa shape index (κ2) is 6.11. The number of fused-ring (bicyclic) bond motifs is 1. The highest BCUT2D eigenvalue weighted by atomic mass is 19.1. The summed E-state index contributed by atoms with van der Waals surface area (Å²) in [5.74, 6) is 1.15. The van der Waals surface area contributed by atoms with E-state index >= 15 is 0 Å². The molecule has 4 nitrogen and oxygen atoms in total. The predicted molar refractivity (Wildman–Crippen MR) is 89.9 cm³/mol. The molecule has 1 heterocycles. The molecule has 1 aromatic rings. The standard InChI is InChI=1S/C18H26FN3O/c1-11-5-6-12(9-14(11)19)10-21-17(20-4)22-15-13-7-8-23-16(13)18(15,2)3/h5-6,9,13,15-16H,7-8,10H2,1-4H3,(H2,20,21,22). The van der Waals surface area contributed by atoms with Crippen LogP contribution in [-0.4, -0.2) is 31.8 Å². The van der Waals surface area contributed by atoms with Gasteiger partial charge in [-0.05, 0) is 30.5 Å². The van der Waals surface area contributed by atoms with Crippen LogP contribution in [0.15, 0.2) is 23.2 Å². The van der Waals surface area contributed by atoms with Gasteiger partial charge in [0.15, 0.2) is 5.96 Å². The Morgan fingerprint density at radius 1 is 1.43 bits per heavy atom. The van der Waals surface area contributed by atoms with Gasteiger partial charge in [0.2, 0.25) is 0 Å². The Bertz CT molecular complexity index is 614.